The number of aromatic amines is 2. The predicted octanol–water partition coefficient (Wildman–Crippen LogP) is 1.68. The Kier molecular flexibility index (Phi) is 21.3. The van der Waals surface area contributed by atoms with E-state index in [0.29, 0.717) is 24.2 Å². The Balaban J connectivity index is 1.81. The van der Waals surface area contributed by atoms with Crippen molar-refractivity contribution in [1.29, 1.82) is 0 Å². The molecule has 0 radical (unpaired) electrons. The van der Waals surface area contributed by atoms with E-state index in [4.69, 9.17) is 16.2 Å². The molecule has 0 bridgehead atoms. The van der Waals surface area contributed by atoms with Crippen molar-refractivity contribution in [3.63, 3.8) is 0 Å². The first kappa shape index (κ1) is 54.0. The molecule has 3 aromatic rings. The number of primary amides is 1. The van der Waals surface area contributed by atoms with Gasteiger partial charge < -0.3 is 58.1 Å². The lowest BCUT2D eigenvalue weighted by atomic mass is 9.88. The molecule has 66 heavy (non-hydrogen) atoms. The number of amides is 7. The summed E-state index contributed by atoms with van der Waals surface area (Å²) in [7, 11) is 0. The lowest BCUT2D eigenvalue weighted by Crippen LogP contribution is -2.59. The van der Waals surface area contributed by atoms with Gasteiger partial charge >= 0.3 is 6.09 Å². The van der Waals surface area contributed by atoms with E-state index in [9.17, 15) is 33.6 Å². The summed E-state index contributed by atoms with van der Waals surface area (Å²) in [5.41, 5.74) is 13.0. The molecular formula is C46H72N12O8. The van der Waals surface area contributed by atoms with Crippen LogP contribution < -0.4 is 43.4 Å². The van der Waals surface area contributed by atoms with E-state index in [1.807, 2.05) is 51.1 Å². The molecule has 0 saturated carbocycles. The number of alkyl carbamates (subject to hydrolysis) is 1. The van der Waals surface area contributed by atoms with Crippen LogP contribution in [0.25, 0.3) is 0 Å². The lowest BCUT2D eigenvalue weighted by molar-refractivity contribution is -0.135. The topological polar surface area (TPSA) is 310 Å². The van der Waals surface area contributed by atoms with Gasteiger partial charge in [-0.1, -0.05) is 78.3 Å². The average molecular weight is 921 g/mol. The number of aromatic nitrogens is 4. The Bertz CT molecular complexity index is 2000. The van der Waals surface area contributed by atoms with Crippen LogP contribution in [0.5, 0.6) is 0 Å². The number of nitrogens with two attached hydrogens (primary N) is 2. The minimum absolute atomic E-state index is 0.0124. The third-order valence-corrected chi connectivity index (χ3v) is 11.0. The molecule has 0 spiro atoms. The van der Waals surface area contributed by atoms with Gasteiger partial charge in [0.15, 0.2) is 0 Å². The van der Waals surface area contributed by atoms with Gasteiger partial charge in [-0.3, -0.25) is 28.8 Å². The molecule has 20 nitrogen and oxygen atoms in total. The molecule has 2 aromatic heterocycles. The van der Waals surface area contributed by atoms with Crippen LogP contribution in [-0.2, 0) is 52.8 Å². The number of carbonyl (C=O) groups excluding carboxylic acids is 7. The van der Waals surface area contributed by atoms with E-state index >= 15 is 0 Å². The molecule has 0 aliphatic rings. The number of imidazole rings is 2. The average Bonchev–Trinajstić information content (AvgIpc) is 3.97. The molecule has 12 N–H and O–H groups in total. The largest absolute Gasteiger partial charge is 0.444 e. The fraction of sp³-hybridized carbons (Fsp3) is 0.587. The predicted molar refractivity (Wildman–Crippen MR) is 248 cm³/mol. The van der Waals surface area contributed by atoms with Gasteiger partial charge in [0.2, 0.25) is 35.4 Å². The summed E-state index contributed by atoms with van der Waals surface area (Å²) in [4.78, 5) is 109. The molecule has 364 valence electrons. The zero-order valence-corrected chi connectivity index (χ0v) is 39.7. The maximum atomic E-state index is 14.3. The lowest BCUT2D eigenvalue weighted by Gasteiger charge is -2.32. The van der Waals surface area contributed by atoms with Crippen molar-refractivity contribution in [1.82, 2.24) is 51.8 Å². The minimum Gasteiger partial charge on any atom is -0.444 e. The molecule has 0 fully saturated rings. The van der Waals surface area contributed by atoms with Gasteiger partial charge in [-0.2, -0.15) is 0 Å². The highest BCUT2D eigenvalue weighted by Gasteiger charge is 2.36. The van der Waals surface area contributed by atoms with E-state index in [-0.39, 0.29) is 44.1 Å². The third kappa shape index (κ3) is 18.3. The first-order valence-electron chi connectivity index (χ1n) is 22.6. The zero-order valence-electron chi connectivity index (χ0n) is 39.7. The number of benzene rings is 1. The number of rotatable bonds is 26. The number of nitrogens with zero attached hydrogens (tertiary/aromatic N) is 2. The van der Waals surface area contributed by atoms with E-state index in [1.165, 1.54) is 25.0 Å². The third-order valence-electron chi connectivity index (χ3n) is 11.0. The maximum Gasteiger partial charge on any atom is 0.408 e. The summed E-state index contributed by atoms with van der Waals surface area (Å²) in [5.74, 6) is -5.05. The molecule has 0 unspecified atom stereocenters. The van der Waals surface area contributed by atoms with Crippen LogP contribution in [0.1, 0.15) is 98.5 Å². The van der Waals surface area contributed by atoms with Crippen LogP contribution in [0.4, 0.5) is 4.79 Å². The molecule has 7 amide bonds. The maximum absolute atomic E-state index is 14.3. The van der Waals surface area contributed by atoms with Crippen molar-refractivity contribution in [2.45, 2.75) is 143 Å². The van der Waals surface area contributed by atoms with Gasteiger partial charge in [-0.05, 0) is 57.1 Å². The van der Waals surface area contributed by atoms with Crippen LogP contribution in [-0.4, -0.2) is 110 Å². The normalized spacial score (nSPS) is 15.2. The van der Waals surface area contributed by atoms with E-state index in [2.05, 4.69) is 51.8 Å². The van der Waals surface area contributed by atoms with Crippen molar-refractivity contribution in [2.75, 3.05) is 6.54 Å². The molecule has 0 aliphatic carbocycles. The molecule has 0 aliphatic heterocycles. The first-order chi connectivity index (χ1) is 31.1. The summed E-state index contributed by atoms with van der Waals surface area (Å²) < 4.78 is 5.46. The number of nitrogens with one attached hydrogen (secondary N) is 8. The summed E-state index contributed by atoms with van der Waals surface area (Å²) in [6.07, 6.45) is 6.05. The van der Waals surface area contributed by atoms with Crippen LogP contribution >= 0.6 is 0 Å². The fourth-order valence-corrected chi connectivity index (χ4v) is 7.21. The monoisotopic (exact) mass is 921 g/mol. The summed E-state index contributed by atoms with van der Waals surface area (Å²) in [6.45, 7) is 16.2. The van der Waals surface area contributed by atoms with Crippen LogP contribution in [0.3, 0.4) is 0 Å². The van der Waals surface area contributed by atoms with Crippen LogP contribution in [0.15, 0.2) is 55.4 Å². The van der Waals surface area contributed by atoms with Gasteiger partial charge in [0, 0.05) is 61.4 Å². The van der Waals surface area contributed by atoms with E-state index < -0.39 is 95.2 Å². The number of ether oxygens (including phenoxy) is 1. The minimum atomic E-state index is -1.16. The van der Waals surface area contributed by atoms with Crippen LogP contribution in [0.2, 0.25) is 0 Å². The second kappa shape index (κ2) is 26.0. The highest BCUT2D eigenvalue weighted by atomic mass is 16.6. The molecular weight excluding hydrogens is 849 g/mol. The molecule has 20 heteroatoms. The highest BCUT2D eigenvalue weighted by Crippen LogP contribution is 2.19. The first-order valence-corrected chi connectivity index (χ1v) is 22.6. The van der Waals surface area contributed by atoms with Crippen molar-refractivity contribution >= 4 is 41.5 Å². The highest BCUT2D eigenvalue weighted by molar-refractivity contribution is 5.95. The van der Waals surface area contributed by atoms with Crippen LogP contribution in [0, 0.1) is 23.7 Å². The number of carbonyl (C=O) groups is 7. The summed E-state index contributed by atoms with van der Waals surface area (Å²) in [5, 5.41) is 16.8. The van der Waals surface area contributed by atoms with Gasteiger partial charge in [0.25, 0.3) is 0 Å². The Labute approximate surface area is 387 Å². The standard InChI is InChI=1S/C46H72N12O8/c1-10-28(6)39(44(64)54-34(40(48)60)19-31-22-49-24-51-31)58-43(63)38(27(4)5)57-37(59)18-30(21-47)33(16-26(2)3)53-42(62)36(20-32-23-50-25-52-32)55-41(61)35(17-29-14-12-11-13-15-29)56-45(65)66-46(7,8)9/h11-15,22-28,30,33-36,38-39H,10,16-21,47H2,1-9H3,(H2,48,60)(H,49,51)(H,50,52)(H,53,62)(H,54,64)(H,55,61)(H,56,65)(H,57,59)(H,58,63)/t28-,30-,33-,34-,35-,36-,38-,39-/m0/s1. The van der Waals surface area contributed by atoms with E-state index in [1.54, 1.807) is 41.5 Å². The number of H-pyrrole nitrogens is 2. The Morgan fingerprint density at radius 1 is 0.697 bits per heavy atom. The van der Waals surface area contributed by atoms with Crippen molar-refractivity contribution in [3.05, 3.63) is 72.3 Å². The quantitative estimate of drug-likeness (QED) is 0.0553. The van der Waals surface area contributed by atoms with Crippen molar-refractivity contribution in [2.24, 2.45) is 35.1 Å². The molecule has 0 saturated heterocycles. The Morgan fingerprint density at radius 2 is 1.24 bits per heavy atom. The molecule has 2 heterocycles. The zero-order chi connectivity index (χ0) is 49.1. The van der Waals surface area contributed by atoms with Gasteiger partial charge in [0.05, 0.1) is 12.7 Å². The second-order valence-electron chi connectivity index (χ2n) is 18.6. The van der Waals surface area contributed by atoms with Gasteiger partial charge in [0.1, 0.15) is 35.8 Å². The van der Waals surface area contributed by atoms with Crippen molar-refractivity contribution < 1.29 is 38.3 Å². The molecule has 8 atom stereocenters. The molecule has 1 aromatic carbocycles. The Hall–Kier alpha value is -6.31. The summed E-state index contributed by atoms with van der Waals surface area (Å²) >= 11 is 0. The van der Waals surface area contributed by atoms with Crippen molar-refractivity contribution in [3.8, 4) is 0 Å². The number of hydrogen-bond acceptors (Lipinski definition) is 11. The van der Waals surface area contributed by atoms with Gasteiger partial charge in [-0.15, -0.1) is 0 Å². The Morgan fingerprint density at radius 3 is 1.74 bits per heavy atom. The fourth-order valence-electron chi connectivity index (χ4n) is 7.21. The SMILES string of the molecule is CC[C@H](C)[C@H](NC(=O)[C@@H](NC(=O)C[C@@H](CN)[C@H](CC(C)C)NC(=O)[C@H](Cc1cnc[nH]1)NC(=O)[C@H](Cc1ccccc1)NC(=O)OC(C)(C)C)C(C)C)C(=O)N[C@@H](Cc1cnc[nH]1)C(N)=O. The number of hydrogen-bond donors (Lipinski definition) is 10. The van der Waals surface area contributed by atoms with E-state index in [0.717, 1.165) is 5.56 Å². The summed E-state index contributed by atoms with van der Waals surface area (Å²) in [6, 6.07) is 2.94. The smallest absolute Gasteiger partial charge is 0.408 e. The van der Waals surface area contributed by atoms with Gasteiger partial charge in [-0.25, -0.2) is 14.8 Å². The molecule has 3 rings (SSSR count). The second-order valence-corrected chi connectivity index (χ2v) is 18.6.